The van der Waals surface area contributed by atoms with Crippen molar-refractivity contribution >= 4 is 7.32 Å². The van der Waals surface area contributed by atoms with Crippen LogP contribution in [0.5, 0.6) is 0 Å². The number of hydrogen-bond donors (Lipinski definition) is 2. The second-order valence-corrected chi connectivity index (χ2v) is 2.43. The van der Waals surface area contributed by atoms with E-state index < -0.39 is 7.32 Å². The third-order valence-corrected chi connectivity index (χ3v) is 1.50. The molecule has 3 nitrogen and oxygen atoms in total. The molecule has 0 aliphatic heterocycles. The van der Waals surface area contributed by atoms with Gasteiger partial charge in [-0.1, -0.05) is 30.3 Å². The normalized spacial score (nSPS) is 9.08. The summed E-state index contributed by atoms with van der Waals surface area (Å²) in [7, 11) is -1.66. The summed E-state index contributed by atoms with van der Waals surface area (Å²) in [4.78, 5) is 0. The monoisotopic (exact) mass is 206 g/mol. The molecule has 0 bridgehead atoms. The second-order valence-electron chi connectivity index (χ2n) is 2.43. The Morgan fingerprint density at radius 1 is 1.23 bits per heavy atom. The van der Waals surface area contributed by atoms with Gasteiger partial charge in [-0.2, -0.15) is 0 Å². The van der Waals surface area contributed by atoms with Crippen LogP contribution < -0.4 is 51.4 Å². The third-order valence-electron chi connectivity index (χ3n) is 1.50. The first-order valence-corrected chi connectivity index (χ1v) is 3.81. The van der Waals surface area contributed by atoms with Crippen molar-refractivity contribution in [1.29, 1.82) is 0 Å². The first-order chi connectivity index (χ1) is 5.79. The molecule has 0 aromatic heterocycles. The Morgan fingerprint density at radius 2 is 1.85 bits per heavy atom. The molecule has 0 heterocycles. The number of benzene rings is 1. The summed E-state index contributed by atoms with van der Waals surface area (Å²) >= 11 is 0. The summed E-state index contributed by atoms with van der Waals surface area (Å²) in [6.07, 6.45) is 0.693. The van der Waals surface area contributed by atoms with Gasteiger partial charge in [-0.3, -0.25) is 0 Å². The third kappa shape index (κ3) is 6.82. The van der Waals surface area contributed by atoms with E-state index in [-0.39, 0.29) is 52.8 Å². The van der Waals surface area contributed by atoms with E-state index in [0.717, 1.165) is 5.56 Å². The average molecular weight is 206 g/mol. The molecule has 0 aliphatic rings. The van der Waals surface area contributed by atoms with Gasteiger partial charge < -0.3 is 16.1 Å². The predicted octanol–water partition coefficient (Wildman–Crippen LogP) is -2.67. The Labute approximate surface area is 122 Å². The van der Waals surface area contributed by atoms with Gasteiger partial charge in [0, 0.05) is 6.61 Å². The van der Waals surface area contributed by atoms with E-state index >= 15 is 0 Å². The summed E-state index contributed by atoms with van der Waals surface area (Å²) in [5.41, 5.74) is 1.12. The van der Waals surface area contributed by atoms with E-state index in [0.29, 0.717) is 13.0 Å². The van der Waals surface area contributed by atoms with Crippen LogP contribution in [0.3, 0.4) is 0 Å². The predicted molar refractivity (Wildman–Crippen MR) is 47.4 cm³/mol. The van der Waals surface area contributed by atoms with Gasteiger partial charge in [0.15, 0.2) is 0 Å². The SMILES string of the molecule is OB(O)OCCc1ccccc1.[H-].[K+]. The molecule has 0 atom stereocenters. The van der Waals surface area contributed by atoms with Crippen molar-refractivity contribution in [1.82, 2.24) is 0 Å². The molecular formula is C8H12BKO3. The maximum Gasteiger partial charge on any atom is 1.00 e. The van der Waals surface area contributed by atoms with Crippen molar-refractivity contribution in [2.45, 2.75) is 6.42 Å². The minimum atomic E-state index is -1.66. The molecule has 0 radical (unpaired) electrons. The topological polar surface area (TPSA) is 49.7 Å². The number of rotatable bonds is 4. The van der Waals surface area contributed by atoms with Gasteiger partial charge in [0.25, 0.3) is 0 Å². The van der Waals surface area contributed by atoms with Gasteiger partial charge >= 0.3 is 58.7 Å². The van der Waals surface area contributed by atoms with Crippen molar-refractivity contribution in [3.05, 3.63) is 35.9 Å². The van der Waals surface area contributed by atoms with E-state index in [4.69, 9.17) is 10.0 Å². The molecule has 0 saturated heterocycles. The quantitative estimate of drug-likeness (QED) is 0.528. The molecule has 1 rings (SSSR count). The molecular weight excluding hydrogens is 194 g/mol. The summed E-state index contributed by atoms with van der Waals surface area (Å²) in [6, 6.07) is 9.74. The average Bonchev–Trinajstić information content (AvgIpc) is 2.05. The standard InChI is InChI=1S/C8H11BO3.K.H/c10-9(11)12-7-6-8-4-2-1-3-5-8;;/h1-5,10-11H,6-7H2;;/q;+1;-1. The van der Waals surface area contributed by atoms with Gasteiger partial charge in [0.2, 0.25) is 0 Å². The molecule has 1 aromatic carbocycles. The molecule has 5 heteroatoms. The van der Waals surface area contributed by atoms with Crippen LogP contribution in [-0.2, 0) is 11.1 Å². The fraction of sp³-hybridized carbons (Fsp3) is 0.250. The van der Waals surface area contributed by atoms with Crippen molar-refractivity contribution < 1.29 is 67.5 Å². The molecule has 2 N–H and O–H groups in total. The zero-order valence-corrected chi connectivity index (χ0v) is 10.8. The molecule has 0 amide bonds. The Hall–Kier alpha value is 0.801. The molecule has 0 spiro atoms. The second kappa shape index (κ2) is 8.14. The zero-order chi connectivity index (χ0) is 8.81. The first-order valence-electron chi connectivity index (χ1n) is 3.81. The summed E-state index contributed by atoms with van der Waals surface area (Å²) in [6.45, 7) is 0.321. The van der Waals surface area contributed by atoms with Crippen LogP contribution >= 0.6 is 0 Å². The number of hydrogen-bond acceptors (Lipinski definition) is 3. The van der Waals surface area contributed by atoms with E-state index in [2.05, 4.69) is 4.65 Å². The van der Waals surface area contributed by atoms with Crippen molar-refractivity contribution in [3.63, 3.8) is 0 Å². The maximum absolute atomic E-state index is 8.36. The summed E-state index contributed by atoms with van der Waals surface area (Å²) < 4.78 is 4.56. The molecule has 66 valence electrons. The summed E-state index contributed by atoms with van der Waals surface area (Å²) in [5, 5.41) is 16.7. The molecule has 0 aliphatic carbocycles. The van der Waals surface area contributed by atoms with E-state index in [1.54, 1.807) is 0 Å². The Morgan fingerprint density at radius 3 is 2.38 bits per heavy atom. The maximum atomic E-state index is 8.36. The van der Waals surface area contributed by atoms with Gasteiger partial charge in [-0.15, -0.1) is 0 Å². The van der Waals surface area contributed by atoms with Crippen molar-refractivity contribution in [3.8, 4) is 0 Å². The first kappa shape index (κ1) is 13.8. The Balaban J connectivity index is 0. The van der Waals surface area contributed by atoms with Crippen LogP contribution in [0.4, 0.5) is 0 Å². The molecule has 0 fully saturated rings. The molecule has 1 aromatic rings. The van der Waals surface area contributed by atoms with Gasteiger partial charge in [-0.25, -0.2) is 0 Å². The smallest absolute Gasteiger partial charge is 1.00 e. The van der Waals surface area contributed by atoms with Crippen LogP contribution in [0, 0.1) is 0 Å². The minimum absolute atomic E-state index is 0. The minimum Gasteiger partial charge on any atom is -1.00 e. The van der Waals surface area contributed by atoms with Crippen LogP contribution in [0.25, 0.3) is 0 Å². The zero-order valence-electron chi connectivity index (χ0n) is 8.68. The van der Waals surface area contributed by atoms with E-state index in [9.17, 15) is 0 Å². The van der Waals surface area contributed by atoms with Gasteiger partial charge in [-0.05, 0) is 12.0 Å². The van der Waals surface area contributed by atoms with Crippen LogP contribution in [0.2, 0.25) is 0 Å². The van der Waals surface area contributed by atoms with E-state index in [1.807, 2.05) is 30.3 Å². The van der Waals surface area contributed by atoms with Crippen molar-refractivity contribution in [2.75, 3.05) is 6.61 Å². The van der Waals surface area contributed by atoms with Gasteiger partial charge in [0.1, 0.15) is 0 Å². The van der Waals surface area contributed by atoms with Crippen LogP contribution in [0.1, 0.15) is 6.99 Å². The Kier molecular flexibility index (Phi) is 8.64. The molecule has 0 saturated carbocycles. The van der Waals surface area contributed by atoms with Crippen molar-refractivity contribution in [2.24, 2.45) is 0 Å². The van der Waals surface area contributed by atoms with Crippen LogP contribution in [-0.4, -0.2) is 24.0 Å². The van der Waals surface area contributed by atoms with Crippen LogP contribution in [0.15, 0.2) is 30.3 Å². The van der Waals surface area contributed by atoms with Gasteiger partial charge in [0.05, 0.1) is 0 Å². The summed E-state index contributed by atoms with van der Waals surface area (Å²) in [5.74, 6) is 0. The Bertz CT molecular complexity index is 223. The molecule has 13 heavy (non-hydrogen) atoms. The molecule has 0 unspecified atom stereocenters. The fourth-order valence-electron chi connectivity index (χ4n) is 0.927. The van der Waals surface area contributed by atoms with E-state index in [1.165, 1.54) is 0 Å². The largest absolute Gasteiger partial charge is 1.00 e. The fourth-order valence-corrected chi connectivity index (χ4v) is 0.927.